The molecule has 0 saturated carbocycles. The molecule has 7 nitrogen and oxygen atoms in total. The fourth-order valence-corrected chi connectivity index (χ4v) is 4.86. The van der Waals surface area contributed by atoms with Gasteiger partial charge in [0.15, 0.2) is 5.13 Å². The summed E-state index contributed by atoms with van der Waals surface area (Å²) in [4.78, 5) is 17.0. The van der Waals surface area contributed by atoms with E-state index in [-0.39, 0.29) is 18.4 Å². The van der Waals surface area contributed by atoms with E-state index in [0.717, 1.165) is 15.8 Å². The Kier molecular flexibility index (Phi) is 4.99. The monoisotopic (exact) mass is 383 g/mol. The van der Waals surface area contributed by atoms with Crippen LogP contribution in [0, 0.1) is 12.8 Å². The standard InChI is InChI=1S/C16H21N3O4S2/c1-10-6-7-12(23-2)13-14(10)24-16(17-13)18-15(20)11-5-4-8-19(9-11)25(3,21)22/h6-7,11H,4-5,8-9H2,1-3H3,(H,17,18,20)/t11-/m1/s1. The molecule has 1 amide bonds. The Morgan fingerprint density at radius 3 is 2.88 bits per heavy atom. The predicted octanol–water partition coefficient (Wildman–Crippen LogP) is 2.22. The fraction of sp³-hybridized carbons (Fsp3) is 0.500. The second kappa shape index (κ2) is 6.89. The molecule has 25 heavy (non-hydrogen) atoms. The maximum atomic E-state index is 12.6. The minimum Gasteiger partial charge on any atom is -0.494 e. The van der Waals surface area contributed by atoms with Gasteiger partial charge < -0.3 is 10.1 Å². The molecule has 1 aliphatic heterocycles. The molecule has 1 fully saturated rings. The molecule has 1 saturated heterocycles. The van der Waals surface area contributed by atoms with Crippen LogP contribution < -0.4 is 10.1 Å². The van der Waals surface area contributed by atoms with Gasteiger partial charge in [-0.05, 0) is 31.4 Å². The van der Waals surface area contributed by atoms with Gasteiger partial charge in [0, 0.05) is 13.1 Å². The largest absolute Gasteiger partial charge is 0.494 e. The van der Waals surface area contributed by atoms with Gasteiger partial charge in [-0.2, -0.15) is 0 Å². The zero-order valence-electron chi connectivity index (χ0n) is 14.4. The van der Waals surface area contributed by atoms with Crippen molar-refractivity contribution in [2.75, 3.05) is 31.8 Å². The molecule has 0 bridgehead atoms. The zero-order chi connectivity index (χ0) is 18.2. The van der Waals surface area contributed by atoms with Crippen molar-refractivity contribution in [3.8, 4) is 5.75 Å². The summed E-state index contributed by atoms with van der Waals surface area (Å²) in [6.45, 7) is 2.68. The molecule has 1 atom stereocenters. The van der Waals surface area contributed by atoms with Crippen molar-refractivity contribution in [2.45, 2.75) is 19.8 Å². The Morgan fingerprint density at radius 2 is 2.20 bits per heavy atom. The number of sulfonamides is 1. The quantitative estimate of drug-likeness (QED) is 0.875. The first kappa shape index (κ1) is 18.1. The Morgan fingerprint density at radius 1 is 1.44 bits per heavy atom. The van der Waals surface area contributed by atoms with Crippen LogP contribution in [0.3, 0.4) is 0 Å². The summed E-state index contributed by atoms with van der Waals surface area (Å²) in [5, 5.41) is 3.35. The molecule has 136 valence electrons. The molecule has 2 heterocycles. The third-order valence-electron chi connectivity index (χ3n) is 4.38. The van der Waals surface area contributed by atoms with E-state index >= 15 is 0 Å². The number of methoxy groups -OCH3 is 1. The Balaban J connectivity index is 1.79. The van der Waals surface area contributed by atoms with E-state index in [9.17, 15) is 13.2 Å². The Labute approximate surface area is 151 Å². The summed E-state index contributed by atoms with van der Waals surface area (Å²) in [6.07, 6.45) is 2.53. The molecule has 1 N–H and O–H groups in total. The average Bonchev–Trinajstić information content (AvgIpc) is 2.99. The molecule has 9 heteroatoms. The van der Waals surface area contributed by atoms with Gasteiger partial charge in [-0.1, -0.05) is 17.4 Å². The number of amides is 1. The number of hydrogen-bond acceptors (Lipinski definition) is 6. The van der Waals surface area contributed by atoms with Crippen LogP contribution in [0.25, 0.3) is 10.2 Å². The summed E-state index contributed by atoms with van der Waals surface area (Å²) < 4.78 is 31.1. The lowest BCUT2D eigenvalue weighted by Gasteiger charge is -2.29. The van der Waals surface area contributed by atoms with Crippen molar-refractivity contribution in [1.29, 1.82) is 0 Å². The van der Waals surface area contributed by atoms with Crippen molar-refractivity contribution in [2.24, 2.45) is 5.92 Å². The molecule has 0 unspecified atom stereocenters. The highest BCUT2D eigenvalue weighted by molar-refractivity contribution is 7.88. The number of thiazole rings is 1. The number of carbonyl (C=O) groups excluding carboxylic acids is 1. The summed E-state index contributed by atoms with van der Waals surface area (Å²) >= 11 is 1.40. The molecule has 1 aliphatic rings. The molecule has 1 aromatic carbocycles. The van der Waals surface area contributed by atoms with Gasteiger partial charge in [0.1, 0.15) is 11.3 Å². The lowest BCUT2D eigenvalue weighted by Crippen LogP contribution is -2.43. The van der Waals surface area contributed by atoms with Crippen molar-refractivity contribution >= 4 is 42.6 Å². The molecular formula is C16H21N3O4S2. The first-order valence-corrected chi connectivity index (χ1v) is 10.7. The maximum absolute atomic E-state index is 12.6. The molecule has 0 radical (unpaired) electrons. The van der Waals surface area contributed by atoms with E-state index < -0.39 is 10.0 Å². The first-order chi connectivity index (χ1) is 11.8. The lowest BCUT2D eigenvalue weighted by molar-refractivity contribution is -0.120. The third-order valence-corrected chi connectivity index (χ3v) is 6.75. The van der Waals surface area contributed by atoms with Crippen molar-refractivity contribution < 1.29 is 17.9 Å². The smallest absolute Gasteiger partial charge is 0.230 e. The summed E-state index contributed by atoms with van der Waals surface area (Å²) in [7, 11) is -1.69. The van der Waals surface area contributed by atoms with Gasteiger partial charge in [0.05, 0.1) is 24.0 Å². The Hall–Kier alpha value is -1.71. The van der Waals surface area contributed by atoms with E-state index in [2.05, 4.69) is 10.3 Å². The molecule has 0 spiro atoms. The van der Waals surface area contributed by atoms with Gasteiger partial charge >= 0.3 is 0 Å². The van der Waals surface area contributed by atoms with Gasteiger partial charge in [-0.25, -0.2) is 17.7 Å². The average molecular weight is 383 g/mol. The fourth-order valence-electron chi connectivity index (χ4n) is 2.99. The number of nitrogens with zero attached hydrogens (tertiary/aromatic N) is 2. The molecule has 2 aromatic rings. The van der Waals surface area contributed by atoms with Gasteiger partial charge in [-0.3, -0.25) is 4.79 Å². The first-order valence-electron chi connectivity index (χ1n) is 7.99. The third kappa shape index (κ3) is 3.78. The predicted molar refractivity (Wildman–Crippen MR) is 98.7 cm³/mol. The van der Waals surface area contributed by atoms with Crippen molar-refractivity contribution in [3.63, 3.8) is 0 Å². The summed E-state index contributed by atoms with van der Waals surface area (Å²) in [6, 6.07) is 3.81. The summed E-state index contributed by atoms with van der Waals surface area (Å²) in [5.41, 5.74) is 1.79. The maximum Gasteiger partial charge on any atom is 0.230 e. The number of anilines is 1. The van der Waals surface area contributed by atoms with Crippen LogP contribution >= 0.6 is 11.3 Å². The van der Waals surface area contributed by atoms with Gasteiger partial charge in [0.25, 0.3) is 0 Å². The number of hydrogen-bond donors (Lipinski definition) is 1. The van der Waals surface area contributed by atoms with Crippen molar-refractivity contribution in [3.05, 3.63) is 17.7 Å². The second-order valence-electron chi connectivity index (χ2n) is 6.23. The van der Waals surface area contributed by atoms with Crippen LogP contribution in [0.1, 0.15) is 18.4 Å². The van der Waals surface area contributed by atoms with Gasteiger partial charge in [0.2, 0.25) is 15.9 Å². The number of carbonyl (C=O) groups is 1. The highest BCUT2D eigenvalue weighted by atomic mass is 32.2. The number of rotatable bonds is 4. The van der Waals surface area contributed by atoms with E-state index in [4.69, 9.17) is 4.74 Å². The second-order valence-corrected chi connectivity index (χ2v) is 9.21. The van der Waals surface area contributed by atoms with E-state index in [1.807, 2.05) is 19.1 Å². The van der Waals surface area contributed by atoms with Crippen molar-refractivity contribution in [1.82, 2.24) is 9.29 Å². The van der Waals surface area contributed by atoms with Crippen LogP contribution in [0.2, 0.25) is 0 Å². The number of fused-ring (bicyclic) bond motifs is 1. The normalized spacial score (nSPS) is 19.1. The van der Waals surface area contributed by atoms with E-state index in [1.54, 1.807) is 7.11 Å². The summed E-state index contributed by atoms with van der Waals surface area (Å²) in [5.74, 6) is 0.112. The topological polar surface area (TPSA) is 88.6 Å². The minimum atomic E-state index is -3.28. The van der Waals surface area contributed by atoms with Crippen LogP contribution in [-0.4, -0.2) is 50.1 Å². The van der Waals surface area contributed by atoms with Crippen LogP contribution in [-0.2, 0) is 14.8 Å². The van der Waals surface area contributed by atoms with E-state index in [1.165, 1.54) is 21.9 Å². The number of aromatic nitrogens is 1. The minimum absolute atomic E-state index is 0.191. The van der Waals surface area contributed by atoms with Crippen LogP contribution in [0.4, 0.5) is 5.13 Å². The molecule has 1 aromatic heterocycles. The van der Waals surface area contributed by atoms with Crippen LogP contribution in [0.15, 0.2) is 12.1 Å². The van der Waals surface area contributed by atoms with Gasteiger partial charge in [-0.15, -0.1) is 0 Å². The SMILES string of the molecule is COc1ccc(C)c2sc(NC(=O)[C@@H]3CCCN(S(C)(=O)=O)C3)nc12. The highest BCUT2D eigenvalue weighted by Crippen LogP contribution is 2.35. The number of nitrogens with one attached hydrogen (secondary N) is 1. The molecular weight excluding hydrogens is 362 g/mol. The number of aryl methyl sites for hydroxylation is 1. The lowest BCUT2D eigenvalue weighted by atomic mass is 9.99. The highest BCUT2D eigenvalue weighted by Gasteiger charge is 2.30. The Bertz CT molecular complexity index is 907. The molecule has 0 aliphatic carbocycles. The van der Waals surface area contributed by atoms with Crippen LogP contribution in [0.5, 0.6) is 5.75 Å². The number of piperidine rings is 1. The zero-order valence-corrected chi connectivity index (χ0v) is 16.0. The van der Waals surface area contributed by atoms with E-state index in [0.29, 0.717) is 30.3 Å². The number of ether oxygens (including phenoxy) is 1. The number of benzene rings is 1. The molecule has 3 rings (SSSR count).